The lowest BCUT2D eigenvalue weighted by Gasteiger charge is -2.25. The quantitative estimate of drug-likeness (QED) is 0.514. The van der Waals surface area contributed by atoms with E-state index in [0.717, 1.165) is 11.1 Å². The number of amides is 2. The Balaban J connectivity index is 1.70. The number of aryl methyl sites for hydroxylation is 1. The maximum Gasteiger partial charge on any atom is 0.265 e. The zero-order valence-electron chi connectivity index (χ0n) is 14.5. The molecule has 5 nitrogen and oxygen atoms in total. The van der Waals surface area contributed by atoms with Crippen LogP contribution in [0.5, 0.6) is 5.75 Å². The van der Waals surface area contributed by atoms with Crippen LogP contribution in [0.4, 0.5) is 0 Å². The van der Waals surface area contributed by atoms with Gasteiger partial charge in [-0.05, 0) is 48.5 Å². The SMILES string of the molecule is Cc1cccc(COc2ccc(C=C3C(=O)NC(=S)N(C)C3=O)cc2)c1. The van der Waals surface area contributed by atoms with E-state index in [1.165, 1.54) is 17.5 Å². The molecule has 0 radical (unpaired) electrons. The number of carbonyl (C=O) groups is 2. The topological polar surface area (TPSA) is 58.6 Å². The molecule has 3 rings (SSSR count). The first-order valence-corrected chi connectivity index (χ1v) is 8.48. The van der Waals surface area contributed by atoms with Crippen LogP contribution in [-0.2, 0) is 16.2 Å². The smallest absolute Gasteiger partial charge is 0.265 e. The van der Waals surface area contributed by atoms with E-state index in [-0.39, 0.29) is 10.7 Å². The van der Waals surface area contributed by atoms with Crippen molar-refractivity contribution in [2.75, 3.05) is 7.05 Å². The Bertz CT molecular complexity index is 904. The summed E-state index contributed by atoms with van der Waals surface area (Å²) < 4.78 is 5.77. The number of thiocarbonyl (C=S) groups is 1. The first-order valence-electron chi connectivity index (χ1n) is 8.07. The molecule has 132 valence electrons. The highest BCUT2D eigenvalue weighted by atomic mass is 32.1. The van der Waals surface area contributed by atoms with Crippen molar-refractivity contribution in [3.05, 3.63) is 70.8 Å². The number of likely N-dealkylation sites (N-methyl/N-ethyl adjacent to an activating group) is 1. The first kappa shape index (κ1) is 17.8. The third-order valence-corrected chi connectivity index (χ3v) is 4.36. The minimum Gasteiger partial charge on any atom is -0.489 e. The Morgan fingerprint density at radius 2 is 1.88 bits per heavy atom. The van der Waals surface area contributed by atoms with E-state index in [0.29, 0.717) is 12.4 Å². The number of nitrogens with zero attached hydrogens (tertiary/aromatic N) is 1. The number of benzene rings is 2. The van der Waals surface area contributed by atoms with Crippen LogP contribution in [0.1, 0.15) is 16.7 Å². The molecule has 1 saturated heterocycles. The lowest BCUT2D eigenvalue weighted by Crippen LogP contribution is -2.52. The molecular formula is C20H18N2O3S. The zero-order chi connectivity index (χ0) is 18.7. The van der Waals surface area contributed by atoms with Gasteiger partial charge >= 0.3 is 0 Å². The molecule has 0 saturated carbocycles. The standard InChI is InChI=1S/C20H18N2O3S/c1-13-4-3-5-15(10-13)12-25-16-8-6-14(7-9-16)11-17-18(23)21-20(26)22(2)19(17)24/h3-11H,12H2,1-2H3,(H,21,23,26). The average molecular weight is 366 g/mol. The summed E-state index contributed by atoms with van der Waals surface area (Å²) in [4.78, 5) is 25.4. The number of hydrogen-bond acceptors (Lipinski definition) is 4. The van der Waals surface area contributed by atoms with Gasteiger partial charge in [0.15, 0.2) is 5.11 Å². The molecule has 0 atom stereocenters. The molecule has 2 amide bonds. The summed E-state index contributed by atoms with van der Waals surface area (Å²) in [5, 5.41) is 2.60. The molecule has 26 heavy (non-hydrogen) atoms. The van der Waals surface area contributed by atoms with Gasteiger partial charge in [-0.2, -0.15) is 0 Å². The summed E-state index contributed by atoms with van der Waals surface area (Å²) in [7, 11) is 1.53. The third kappa shape index (κ3) is 3.97. The van der Waals surface area contributed by atoms with Gasteiger partial charge < -0.3 is 4.74 Å². The molecule has 1 aliphatic rings. The predicted molar refractivity (Wildman–Crippen MR) is 103 cm³/mol. The van der Waals surface area contributed by atoms with Crippen LogP contribution in [0, 0.1) is 6.92 Å². The van der Waals surface area contributed by atoms with Gasteiger partial charge in [-0.3, -0.25) is 19.8 Å². The van der Waals surface area contributed by atoms with Gasteiger partial charge in [0.25, 0.3) is 11.8 Å². The molecular weight excluding hydrogens is 348 g/mol. The van der Waals surface area contributed by atoms with Crippen LogP contribution in [0.3, 0.4) is 0 Å². The highest BCUT2D eigenvalue weighted by Gasteiger charge is 2.30. The highest BCUT2D eigenvalue weighted by molar-refractivity contribution is 7.80. The fraction of sp³-hybridized carbons (Fsp3) is 0.150. The Labute approximate surface area is 157 Å². The lowest BCUT2D eigenvalue weighted by atomic mass is 10.1. The Morgan fingerprint density at radius 1 is 1.15 bits per heavy atom. The molecule has 0 aliphatic carbocycles. The molecule has 1 heterocycles. The molecule has 0 bridgehead atoms. The van der Waals surface area contributed by atoms with Crippen LogP contribution >= 0.6 is 12.2 Å². The molecule has 2 aromatic carbocycles. The van der Waals surface area contributed by atoms with Crippen molar-refractivity contribution >= 4 is 35.2 Å². The highest BCUT2D eigenvalue weighted by Crippen LogP contribution is 2.18. The molecule has 0 unspecified atom stereocenters. The monoisotopic (exact) mass is 366 g/mol. The maximum atomic E-state index is 12.2. The van der Waals surface area contributed by atoms with E-state index in [4.69, 9.17) is 17.0 Å². The van der Waals surface area contributed by atoms with Gasteiger partial charge in [0, 0.05) is 7.05 Å². The summed E-state index contributed by atoms with van der Waals surface area (Å²) in [5.41, 5.74) is 3.06. The second-order valence-corrected chi connectivity index (χ2v) is 6.41. The Hall–Kier alpha value is -2.99. The number of rotatable bonds is 4. The van der Waals surface area contributed by atoms with Crippen molar-refractivity contribution in [3.63, 3.8) is 0 Å². The number of nitrogens with one attached hydrogen (secondary N) is 1. The van der Waals surface area contributed by atoms with Crippen molar-refractivity contribution in [1.29, 1.82) is 0 Å². The van der Waals surface area contributed by atoms with Crippen LogP contribution in [-0.4, -0.2) is 28.9 Å². The molecule has 2 aromatic rings. The minimum atomic E-state index is -0.488. The fourth-order valence-electron chi connectivity index (χ4n) is 2.54. The Kier molecular flexibility index (Phi) is 5.14. The van der Waals surface area contributed by atoms with Gasteiger partial charge in [0.1, 0.15) is 17.9 Å². The first-order chi connectivity index (χ1) is 12.4. The molecule has 0 spiro atoms. The van der Waals surface area contributed by atoms with Gasteiger partial charge in [-0.25, -0.2) is 0 Å². The van der Waals surface area contributed by atoms with E-state index < -0.39 is 11.8 Å². The minimum absolute atomic E-state index is 0.0505. The number of hydrogen-bond donors (Lipinski definition) is 1. The van der Waals surface area contributed by atoms with E-state index in [1.807, 2.05) is 37.3 Å². The van der Waals surface area contributed by atoms with E-state index in [1.54, 1.807) is 18.2 Å². The predicted octanol–water partition coefficient (Wildman–Crippen LogP) is 2.83. The molecule has 6 heteroatoms. The van der Waals surface area contributed by atoms with Crippen molar-refractivity contribution in [1.82, 2.24) is 10.2 Å². The molecule has 1 fully saturated rings. The van der Waals surface area contributed by atoms with E-state index >= 15 is 0 Å². The summed E-state index contributed by atoms with van der Waals surface area (Å²) in [6, 6.07) is 15.3. The average Bonchev–Trinajstić information content (AvgIpc) is 2.63. The molecule has 1 aliphatic heterocycles. The number of ether oxygens (including phenoxy) is 1. The maximum absolute atomic E-state index is 12.2. The molecule has 1 N–H and O–H groups in total. The largest absolute Gasteiger partial charge is 0.489 e. The van der Waals surface area contributed by atoms with Crippen LogP contribution in [0.15, 0.2) is 54.1 Å². The van der Waals surface area contributed by atoms with Crippen molar-refractivity contribution < 1.29 is 14.3 Å². The van der Waals surface area contributed by atoms with E-state index in [2.05, 4.69) is 11.4 Å². The van der Waals surface area contributed by atoms with E-state index in [9.17, 15) is 9.59 Å². The van der Waals surface area contributed by atoms with Crippen molar-refractivity contribution in [2.45, 2.75) is 13.5 Å². The lowest BCUT2D eigenvalue weighted by molar-refractivity contribution is -0.128. The van der Waals surface area contributed by atoms with Crippen molar-refractivity contribution in [3.8, 4) is 5.75 Å². The van der Waals surface area contributed by atoms with Gasteiger partial charge in [-0.15, -0.1) is 0 Å². The summed E-state index contributed by atoms with van der Waals surface area (Å²) in [6.45, 7) is 2.52. The van der Waals surface area contributed by atoms with Crippen molar-refractivity contribution in [2.24, 2.45) is 0 Å². The third-order valence-electron chi connectivity index (χ3n) is 3.98. The second kappa shape index (κ2) is 7.49. The summed E-state index contributed by atoms with van der Waals surface area (Å²) in [6.07, 6.45) is 1.54. The normalized spacial score (nSPS) is 16.0. The Morgan fingerprint density at radius 3 is 2.58 bits per heavy atom. The summed E-state index contributed by atoms with van der Waals surface area (Å²) in [5.74, 6) is -0.192. The fourth-order valence-corrected chi connectivity index (χ4v) is 2.72. The van der Waals surface area contributed by atoms with Crippen LogP contribution in [0.2, 0.25) is 0 Å². The van der Waals surface area contributed by atoms with Gasteiger partial charge in [0.05, 0.1) is 0 Å². The van der Waals surface area contributed by atoms with Gasteiger partial charge in [0.2, 0.25) is 0 Å². The van der Waals surface area contributed by atoms with Crippen LogP contribution in [0.25, 0.3) is 6.08 Å². The second-order valence-electron chi connectivity index (χ2n) is 6.03. The zero-order valence-corrected chi connectivity index (χ0v) is 15.3. The van der Waals surface area contributed by atoms with Gasteiger partial charge in [-0.1, -0.05) is 42.0 Å². The van der Waals surface area contributed by atoms with Crippen LogP contribution < -0.4 is 10.1 Å². The number of carbonyl (C=O) groups excluding carboxylic acids is 2. The molecule has 0 aromatic heterocycles. The summed E-state index contributed by atoms with van der Waals surface area (Å²) >= 11 is 4.92.